The monoisotopic (exact) mass is 260 g/mol. The highest BCUT2D eigenvalue weighted by Gasteiger charge is 2.25. The fourth-order valence-electron chi connectivity index (χ4n) is 2.43. The summed E-state index contributed by atoms with van der Waals surface area (Å²) in [7, 11) is 0. The van der Waals surface area contributed by atoms with Crippen molar-refractivity contribution in [3.05, 3.63) is 30.1 Å². The van der Waals surface area contributed by atoms with E-state index in [-0.39, 0.29) is 11.5 Å². The third-order valence-electron chi connectivity index (χ3n) is 3.68. The van der Waals surface area contributed by atoms with E-state index in [9.17, 15) is 0 Å². The molecule has 0 fully saturated rings. The number of rotatable bonds is 4. The van der Waals surface area contributed by atoms with Gasteiger partial charge in [-0.3, -0.25) is 11.3 Å². The highest BCUT2D eigenvalue weighted by atomic mass is 15.2. The summed E-state index contributed by atoms with van der Waals surface area (Å²) in [6.07, 6.45) is 0.836. The molecule has 1 heterocycles. The van der Waals surface area contributed by atoms with Crippen molar-refractivity contribution in [2.24, 2.45) is 11.3 Å². The summed E-state index contributed by atoms with van der Waals surface area (Å²) in [5.74, 6) is 6.80. The Labute approximate surface area is 115 Å². The number of nitrogens with one attached hydrogen (secondary N) is 1. The molecule has 0 bridgehead atoms. The number of nitrogens with two attached hydrogens (primary N) is 1. The molecule has 0 saturated heterocycles. The average molecular weight is 260 g/mol. The number of aromatic nitrogens is 2. The third-order valence-corrected chi connectivity index (χ3v) is 3.68. The summed E-state index contributed by atoms with van der Waals surface area (Å²) in [6, 6.07) is 8.48. The number of benzene rings is 1. The van der Waals surface area contributed by atoms with Crippen molar-refractivity contribution in [1.82, 2.24) is 15.0 Å². The van der Waals surface area contributed by atoms with E-state index in [1.54, 1.807) is 0 Å². The number of hydrogen-bond acceptors (Lipinski definition) is 3. The first-order valence-corrected chi connectivity index (χ1v) is 6.87. The summed E-state index contributed by atoms with van der Waals surface area (Å²) in [5, 5.41) is 0. The van der Waals surface area contributed by atoms with Crippen LogP contribution in [0.4, 0.5) is 0 Å². The number of fused-ring (bicyclic) bond motifs is 1. The van der Waals surface area contributed by atoms with Crippen molar-refractivity contribution in [1.29, 1.82) is 0 Å². The zero-order valence-corrected chi connectivity index (χ0v) is 12.3. The van der Waals surface area contributed by atoms with Gasteiger partial charge in [0.2, 0.25) is 0 Å². The van der Waals surface area contributed by atoms with Crippen molar-refractivity contribution in [2.45, 2.75) is 46.7 Å². The molecule has 0 aliphatic heterocycles. The Balaban J connectivity index is 2.39. The van der Waals surface area contributed by atoms with Gasteiger partial charge in [0.25, 0.3) is 0 Å². The van der Waals surface area contributed by atoms with E-state index in [1.807, 2.05) is 6.07 Å². The Bertz CT molecular complexity index is 551. The van der Waals surface area contributed by atoms with E-state index in [2.05, 4.69) is 55.9 Å². The topological polar surface area (TPSA) is 55.9 Å². The first kappa shape index (κ1) is 14.0. The van der Waals surface area contributed by atoms with E-state index < -0.39 is 0 Å². The summed E-state index contributed by atoms with van der Waals surface area (Å²) < 4.78 is 2.27. The predicted octanol–water partition coefficient (Wildman–Crippen LogP) is 2.48. The molecule has 0 spiro atoms. The zero-order chi connectivity index (χ0) is 14.0. The van der Waals surface area contributed by atoms with Gasteiger partial charge >= 0.3 is 0 Å². The number of imidazole rings is 1. The lowest BCUT2D eigenvalue weighted by atomic mass is 9.85. The molecule has 19 heavy (non-hydrogen) atoms. The van der Waals surface area contributed by atoms with Crippen LogP contribution < -0.4 is 11.3 Å². The van der Waals surface area contributed by atoms with Crippen LogP contribution in [-0.2, 0) is 13.0 Å². The smallest absolute Gasteiger partial charge is 0.111 e. The number of nitrogens with zero attached hydrogens (tertiary/aromatic N) is 2. The van der Waals surface area contributed by atoms with Crippen LogP contribution in [0.5, 0.6) is 0 Å². The second-order valence-corrected chi connectivity index (χ2v) is 6.05. The molecular weight excluding hydrogens is 236 g/mol. The lowest BCUT2D eigenvalue weighted by molar-refractivity contribution is 0.264. The molecule has 0 aliphatic rings. The number of aryl methyl sites for hydroxylation is 1. The Kier molecular flexibility index (Phi) is 3.92. The fourth-order valence-corrected chi connectivity index (χ4v) is 2.43. The minimum Gasteiger partial charge on any atom is -0.328 e. The third kappa shape index (κ3) is 2.80. The normalized spacial score (nSPS) is 13.9. The minimum absolute atomic E-state index is 0.103. The average Bonchev–Trinajstić information content (AvgIpc) is 2.71. The molecule has 2 aromatic rings. The highest BCUT2D eigenvalue weighted by Crippen LogP contribution is 2.24. The van der Waals surface area contributed by atoms with Crippen LogP contribution in [0.15, 0.2) is 24.3 Å². The maximum atomic E-state index is 5.71. The second kappa shape index (κ2) is 5.31. The molecule has 3 N–H and O–H groups in total. The maximum Gasteiger partial charge on any atom is 0.111 e. The van der Waals surface area contributed by atoms with Crippen molar-refractivity contribution < 1.29 is 0 Å². The van der Waals surface area contributed by atoms with E-state index >= 15 is 0 Å². The lowest BCUT2D eigenvalue weighted by Gasteiger charge is -2.29. The predicted molar refractivity (Wildman–Crippen MR) is 79.7 cm³/mol. The van der Waals surface area contributed by atoms with E-state index in [0.29, 0.717) is 0 Å². The Morgan fingerprint density at radius 2 is 2.00 bits per heavy atom. The van der Waals surface area contributed by atoms with Gasteiger partial charge in [0, 0.05) is 19.0 Å². The molecule has 4 heteroatoms. The lowest BCUT2D eigenvalue weighted by Crippen LogP contribution is -2.46. The van der Waals surface area contributed by atoms with Crippen LogP contribution in [0.3, 0.4) is 0 Å². The van der Waals surface area contributed by atoms with Crippen molar-refractivity contribution in [3.8, 4) is 0 Å². The molecule has 1 aromatic carbocycles. The van der Waals surface area contributed by atoms with Gasteiger partial charge in [-0.1, -0.05) is 32.9 Å². The van der Waals surface area contributed by atoms with Gasteiger partial charge in [0.15, 0.2) is 0 Å². The quantitative estimate of drug-likeness (QED) is 0.656. The molecule has 2 rings (SSSR count). The van der Waals surface area contributed by atoms with Crippen molar-refractivity contribution in [2.75, 3.05) is 0 Å². The summed E-state index contributed by atoms with van der Waals surface area (Å²) >= 11 is 0. The van der Waals surface area contributed by atoms with E-state index in [4.69, 9.17) is 10.8 Å². The largest absolute Gasteiger partial charge is 0.328 e. The van der Waals surface area contributed by atoms with Gasteiger partial charge < -0.3 is 4.57 Å². The van der Waals surface area contributed by atoms with Gasteiger partial charge in [0.05, 0.1) is 11.0 Å². The van der Waals surface area contributed by atoms with Gasteiger partial charge in [-0.2, -0.15) is 0 Å². The van der Waals surface area contributed by atoms with Crippen LogP contribution in [0, 0.1) is 5.41 Å². The van der Waals surface area contributed by atoms with Crippen LogP contribution in [-0.4, -0.2) is 15.6 Å². The number of hydrogen-bond donors (Lipinski definition) is 2. The van der Waals surface area contributed by atoms with Crippen LogP contribution in [0.1, 0.15) is 33.5 Å². The molecule has 4 nitrogen and oxygen atoms in total. The van der Waals surface area contributed by atoms with Gasteiger partial charge in [-0.15, -0.1) is 0 Å². The van der Waals surface area contributed by atoms with Crippen LogP contribution in [0.25, 0.3) is 11.0 Å². The molecule has 0 amide bonds. The second-order valence-electron chi connectivity index (χ2n) is 6.05. The van der Waals surface area contributed by atoms with Gasteiger partial charge in [0.1, 0.15) is 5.82 Å². The molecule has 104 valence electrons. The van der Waals surface area contributed by atoms with Crippen LogP contribution >= 0.6 is 0 Å². The fraction of sp³-hybridized carbons (Fsp3) is 0.533. The number of hydrazine groups is 1. The molecule has 0 aliphatic carbocycles. The first-order valence-electron chi connectivity index (χ1n) is 6.87. The Hall–Kier alpha value is -1.39. The molecule has 1 atom stereocenters. The molecule has 0 saturated carbocycles. The number of para-hydroxylation sites is 2. The SMILES string of the molecule is CCn1c(CC(NN)C(C)(C)C)nc2ccccc21. The minimum atomic E-state index is 0.103. The standard InChI is InChI=1S/C15H24N4/c1-5-19-12-9-7-6-8-11(12)17-14(19)10-13(18-16)15(2,3)4/h6-9,13,18H,5,10,16H2,1-4H3. The van der Waals surface area contributed by atoms with Gasteiger partial charge in [-0.05, 0) is 24.5 Å². The Morgan fingerprint density at radius 3 is 2.58 bits per heavy atom. The zero-order valence-electron chi connectivity index (χ0n) is 12.3. The van der Waals surface area contributed by atoms with Crippen molar-refractivity contribution in [3.63, 3.8) is 0 Å². The molecule has 0 radical (unpaired) electrons. The van der Waals surface area contributed by atoms with Crippen molar-refractivity contribution >= 4 is 11.0 Å². The van der Waals surface area contributed by atoms with Crippen LogP contribution in [0.2, 0.25) is 0 Å². The maximum absolute atomic E-state index is 5.71. The summed E-state index contributed by atoms with van der Waals surface area (Å²) in [5.41, 5.74) is 5.29. The van der Waals surface area contributed by atoms with E-state index in [0.717, 1.165) is 24.3 Å². The molecule has 1 aromatic heterocycles. The highest BCUT2D eigenvalue weighted by molar-refractivity contribution is 5.75. The summed E-state index contributed by atoms with van der Waals surface area (Å²) in [6.45, 7) is 9.65. The summed E-state index contributed by atoms with van der Waals surface area (Å²) in [4.78, 5) is 4.75. The first-order chi connectivity index (χ1) is 8.97. The van der Waals surface area contributed by atoms with E-state index in [1.165, 1.54) is 5.52 Å². The Morgan fingerprint density at radius 1 is 1.32 bits per heavy atom. The molecular formula is C15H24N4. The van der Waals surface area contributed by atoms with Gasteiger partial charge in [-0.25, -0.2) is 4.98 Å². The molecule has 1 unspecified atom stereocenters.